The van der Waals surface area contributed by atoms with E-state index in [9.17, 15) is 8.42 Å². The highest BCUT2D eigenvalue weighted by atomic mass is 35.5. The molecule has 2 aliphatic heterocycles. The van der Waals surface area contributed by atoms with Crippen LogP contribution in [0.1, 0.15) is 44.7 Å². The SMILES string of the molecule is CC1(C)CC(NS(=O)(=O)N2CCCC2)c2cc(N)ccc2O1.Cl. The Morgan fingerprint density at radius 3 is 2.61 bits per heavy atom. The second kappa shape index (κ2) is 6.47. The normalized spacial score (nSPS) is 23.7. The number of hydrogen-bond donors (Lipinski definition) is 2. The lowest BCUT2D eigenvalue weighted by molar-refractivity contribution is 0.0700. The number of halogens is 1. The van der Waals surface area contributed by atoms with Gasteiger partial charge in [0.25, 0.3) is 10.2 Å². The van der Waals surface area contributed by atoms with Crippen molar-refractivity contribution < 1.29 is 13.2 Å². The van der Waals surface area contributed by atoms with E-state index in [0.717, 1.165) is 18.4 Å². The van der Waals surface area contributed by atoms with Crippen LogP contribution < -0.4 is 15.2 Å². The van der Waals surface area contributed by atoms with E-state index in [-0.39, 0.29) is 18.4 Å². The maximum Gasteiger partial charge on any atom is 0.280 e. The maximum absolute atomic E-state index is 12.5. The number of nitrogens with two attached hydrogens (primary N) is 1. The van der Waals surface area contributed by atoms with E-state index in [2.05, 4.69) is 4.72 Å². The summed E-state index contributed by atoms with van der Waals surface area (Å²) in [6, 6.07) is 5.05. The van der Waals surface area contributed by atoms with Crippen molar-refractivity contribution in [2.24, 2.45) is 0 Å². The molecule has 3 rings (SSSR count). The summed E-state index contributed by atoms with van der Waals surface area (Å²) in [7, 11) is -3.48. The van der Waals surface area contributed by atoms with Gasteiger partial charge in [0.1, 0.15) is 11.4 Å². The van der Waals surface area contributed by atoms with Gasteiger partial charge in [-0.15, -0.1) is 12.4 Å². The number of benzene rings is 1. The fraction of sp³-hybridized carbons (Fsp3) is 0.600. The van der Waals surface area contributed by atoms with E-state index >= 15 is 0 Å². The van der Waals surface area contributed by atoms with Gasteiger partial charge in [0, 0.05) is 30.8 Å². The molecule has 0 saturated carbocycles. The summed E-state index contributed by atoms with van der Waals surface area (Å²) < 4.78 is 35.4. The summed E-state index contributed by atoms with van der Waals surface area (Å²) >= 11 is 0. The summed E-state index contributed by atoms with van der Waals surface area (Å²) in [5.74, 6) is 0.694. The van der Waals surface area contributed by atoms with Gasteiger partial charge in [0.05, 0.1) is 6.04 Å². The van der Waals surface area contributed by atoms with Crippen molar-refractivity contribution in [2.45, 2.75) is 44.8 Å². The van der Waals surface area contributed by atoms with Crippen LogP contribution in [-0.4, -0.2) is 31.4 Å². The quantitative estimate of drug-likeness (QED) is 0.808. The molecular formula is C15H24ClN3O3S. The molecule has 6 nitrogen and oxygen atoms in total. The second-order valence-corrected chi connectivity index (χ2v) is 8.35. The summed E-state index contributed by atoms with van der Waals surface area (Å²) in [6.07, 6.45) is 2.41. The minimum atomic E-state index is -3.48. The van der Waals surface area contributed by atoms with Gasteiger partial charge in [-0.3, -0.25) is 0 Å². The Labute approximate surface area is 144 Å². The molecule has 2 heterocycles. The van der Waals surface area contributed by atoms with Crippen molar-refractivity contribution in [3.05, 3.63) is 23.8 Å². The zero-order valence-corrected chi connectivity index (χ0v) is 15.0. The highest BCUT2D eigenvalue weighted by molar-refractivity contribution is 7.87. The molecular weight excluding hydrogens is 338 g/mol. The van der Waals surface area contributed by atoms with Crippen molar-refractivity contribution in [1.82, 2.24) is 9.03 Å². The lowest BCUT2D eigenvalue weighted by Crippen LogP contribution is -2.45. The standard InChI is InChI=1S/C15H23N3O3S.ClH/c1-15(2)10-13(12-9-11(16)5-6-14(12)21-15)17-22(19,20)18-7-3-4-8-18;/h5-6,9,13,17H,3-4,7-8,10,16H2,1-2H3;1H. The van der Waals surface area contributed by atoms with Crippen LogP contribution in [0.25, 0.3) is 0 Å². The van der Waals surface area contributed by atoms with Gasteiger partial charge in [-0.2, -0.15) is 17.4 Å². The minimum absolute atomic E-state index is 0. The number of nitrogens with one attached hydrogen (secondary N) is 1. The van der Waals surface area contributed by atoms with E-state index in [4.69, 9.17) is 10.5 Å². The van der Waals surface area contributed by atoms with Crippen molar-refractivity contribution in [2.75, 3.05) is 18.8 Å². The van der Waals surface area contributed by atoms with Crippen molar-refractivity contribution in [3.63, 3.8) is 0 Å². The minimum Gasteiger partial charge on any atom is -0.487 e. The van der Waals surface area contributed by atoms with Crippen LogP contribution in [0.4, 0.5) is 5.69 Å². The molecule has 1 fully saturated rings. The molecule has 1 unspecified atom stereocenters. The van der Waals surface area contributed by atoms with Crippen LogP contribution in [0, 0.1) is 0 Å². The third-order valence-electron chi connectivity index (χ3n) is 4.19. The fourth-order valence-corrected chi connectivity index (χ4v) is 4.62. The van der Waals surface area contributed by atoms with Gasteiger partial charge in [-0.1, -0.05) is 0 Å². The third kappa shape index (κ3) is 3.91. The summed E-state index contributed by atoms with van der Waals surface area (Å²) in [6.45, 7) is 5.10. The lowest BCUT2D eigenvalue weighted by Gasteiger charge is -2.38. The summed E-state index contributed by atoms with van der Waals surface area (Å²) in [5.41, 5.74) is 6.84. The van der Waals surface area contributed by atoms with Gasteiger partial charge in [-0.05, 0) is 44.9 Å². The lowest BCUT2D eigenvalue weighted by atomic mass is 9.90. The largest absolute Gasteiger partial charge is 0.487 e. The van der Waals surface area contributed by atoms with Crippen LogP contribution in [-0.2, 0) is 10.2 Å². The van der Waals surface area contributed by atoms with Gasteiger partial charge in [0.2, 0.25) is 0 Å². The molecule has 0 aliphatic carbocycles. The van der Waals surface area contributed by atoms with Crippen LogP contribution >= 0.6 is 12.4 Å². The third-order valence-corrected chi connectivity index (χ3v) is 5.81. The molecule has 0 spiro atoms. The zero-order chi connectivity index (χ0) is 16.0. The molecule has 1 saturated heterocycles. The Bertz CT molecular complexity index is 673. The van der Waals surface area contributed by atoms with Crippen LogP contribution in [0.15, 0.2) is 18.2 Å². The van der Waals surface area contributed by atoms with E-state index in [1.54, 1.807) is 12.1 Å². The zero-order valence-electron chi connectivity index (χ0n) is 13.4. The summed E-state index contributed by atoms with van der Waals surface area (Å²) in [5, 5.41) is 0. The summed E-state index contributed by atoms with van der Waals surface area (Å²) in [4.78, 5) is 0. The monoisotopic (exact) mass is 361 g/mol. The van der Waals surface area contributed by atoms with E-state index in [0.29, 0.717) is 30.9 Å². The predicted octanol–water partition coefficient (Wildman–Crippen LogP) is 2.22. The Balaban J connectivity index is 0.00000192. The van der Waals surface area contributed by atoms with Gasteiger partial charge in [0.15, 0.2) is 0 Å². The van der Waals surface area contributed by atoms with E-state index < -0.39 is 15.8 Å². The number of anilines is 1. The molecule has 1 aromatic carbocycles. The smallest absolute Gasteiger partial charge is 0.280 e. The molecule has 0 aromatic heterocycles. The number of rotatable bonds is 3. The predicted molar refractivity (Wildman–Crippen MR) is 93.0 cm³/mol. The van der Waals surface area contributed by atoms with Gasteiger partial charge in [-0.25, -0.2) is 0 Å². The highest BCUT2D eigenvalue weighted by Gasteiger charge is 2.37. The number of nitrogens with zero attached hydrogens (tertiary/aromatic N) is 1. The average Bonchev–Trinajstić information content (AvgIpc) is 2.93. The molecule has 23 heavy (non-hydrogen) atoms. The molecule has 0 radical (unpaired) electrons. The first-order chi connectivity index (χ1) is 10.3. The number of nitrogen functional groups attached to an aromatic ring is 1. The number of hydrogen-bond acceptors (Lipinski definition) is 4. The van der Waals surface area contributed by atoms with E-state index in [1.165, 1.54) is 4.31 Å². The number of ether oxygens (including phenoxy) is 1. The van der Waals surface area contributed by atoms with Gasteiger partial charge < -0.3 is 10.5 Å². The molecule has 1 atom stereocenters. The molecule has 1 aromatic rings. The second-order valence-electron chi connectivity index (χ2n) is 6.64. The first kappa shape index (κ1) is 18.3. The molecule has 8 heteroatoms. The van der Waals surface area contributed by atoms with Crippen molar-refractivity contribution >= 4 is 28.3 Å². The Kier molecular flexibility index (Phi) is 5.15. The van der Waals surface area contributed by atoms with Crippen LogP contribution in [0.5, 0.6) is 5.75 Å². The molecule has 0 bridgehead atoms. The first-order valence-electron chi connectivity index (χ1n) is 7.63. The molecule has 3 N–H and O–H groups in total. The molecule has 130 valence electrons. The first-order valence-corrected chi connectivity index (χ1v) is 9.07. The topological polar surface area (TPSA) is 84.7 Å². The highest BCUT2D eigenvalue weighted by Crippen LogP contribution is 2.40. The van der Waals surface area contributed by atoms with E-state index in [1.807, 2.05) is 19.9 Å². The number of fused-ring (bicyclic) bond motifs is 1. The van der Waals surface area contributed by atoms with Crippen LogP contribution in [0.3, 0.4) is 0 Å². The Morgan fingerprint density at radius 2 is 1.96 bits per heavy atom. The molecule has 0 amide bonds. The Hall–Kier alpha value is -1.02. The fourth-order valence-electron chi connectivity index (χ4n) is 3.16. The van der Waals surface area contributed by atoms with Crippen molar-refractivity contribution in [3.8, 4) is 5.75 Å². The van der Waals surface area contributed by atoms with Crippen molar-refractivity contribution in [1.29, 1.82) is 0 Å². The van der Waals surface area contributed by atoms with Gasteiger partial charge >= 0.3 is 0 Å². The molecule has 2 aliphatic rings. The van der Waals surface area contributed by atoms with Crippen LogP contribution in [0.2, 0.25) is 0 Å². The average molecular weight is 362 g/mol. The maximum atomic E-state index is 12.5. The Morgan fingerprint density at radius 1 is 1.30 bits per heavy atom.